The molecule has 1 aliphatic rings. The number of β-amino-alcohol motifs (C(OH)–C–C–N with tert-alkyl or cyclic N) is 1. The van der Waals surface area contributed by atoms with Gasteiger partial charge in [0.2, 0.25) is 0 Å². The number of aliphatic hydroxyl groups excluding tert-OH is 1. The number of phenolic OH excluding ortho intramolecular Hbond substituents is 2. The highest BCUT2D eigenvalue weighted by atomic mass is 19.1. The van der Waals surface area contributed by atoms with Gasteiger partial charge >= 0.3 is 0 Å². The molecule has 150 valence electrons. The molecule has 2 atom stereocenters. The molecule has 4 rings (SSSR count). The molecule has 6 heteroatoms. The predicted molar refractivity (Wildman–Crippen MR) is 109 cm³/mol. The first-order valence-electron chi connectivity index (χ1n) is 9.41. The highest BCUT2D eigenvalue weighted by Crippen LogP contribution is 2.45. The van der Waals surface area contributed by atoms with Crippen LogP contribution >= 0.6 is 0 Å². The van der Waals surface area contributed by atoms with Gasteiger partial charge in [0.25, 0.3) is 0 Å². The molecule has 0 bridgehead atoms. The van der Waals surface area contributed by atoms with Gasteiger partial charge in [-0.2, -0.15) is 0 Å². The minimum atomic E-state index is -1.15. The lowest BCUT2D eigenvalue weighted by molar-refractivity contribution is 0.137. The molecule has 2 unspecified atom stereocenters. The third-order valence-corrected chi connectivity index (χ3v) is 5.06. The van der Waals surface area contributed by atoms with E-state index in [0.29, 0.717) is 5.75 Å². The van der Waals surface area contributed by atoms with E-state index >= 15 is 0 Å². The van der Waals surface area contributed by atoms with Crippen LogP contribution in [0, 0.1) is 0 Å². The lowest BCUT2D eigenvalue weighted by atomic mass is 9.98. The largest absolute Gasteiger partial charge is 0.508 e. The first kappa shape index (κ1) is 19.1. The van der Waals surface area contributed by atoms with Crippen LogP contribution in [0.15, 0.2) is 66.7 Å². The standard InChI is InChI=1S/C23H22FNO4/c24-12-19(28)13-25-21-9-3-8-20(15-4-1-6-17(26)10-15)23(21)29-14-22(25)16-5-2-7-18(27)11-16/h1-11,19,22,26-28H,12-14H2. The Kier molecular flexibility index (Phi) is 5.27. The molecule has 1 heterocycles. The molecule has 29 heavy (non-hydrogen) atoms. The van der Waals surface area contributed by atoms with Gasteiger partial charge in [-0.1, -0.05) is 36.4 Å². The van der Waals surface area contributed by atoms with Gasteiger partial charge in [-0.3, -0.25) is 0 Å². The summed E-state index contributed by atoms with van der Waals surface area (Å²) < 4.78 is 19.2. The zero-order valence-corrected chi connectivity index (χ0v) is 15.7. The molecule has 0 saturated heterocycles. The Bertz CT molecular complexity index is 1010. The summed E-state index contributed by atoms with van der Waals surface area (Å²) in [6, 6.07) is 19.1. The molecule has 0 saturated carbocycles. The third-order valence-electron chi connectivity index (χ3n) is 5.06. The van der Waals surface area contributed by atoms with Crippen molar-refractivity contribution in [2.45, 2.75) is 12.1 Å². The van der Waals surface area contributed by atoms with Gasteiger partial charge in [-0.15, -0.1) is 0 Å². The van der Waals surface area contributed by atoms with Gasteiger partial charge in [0.15, 0.2) is 5.75 Å². The summed E-state index contributed by atoms with van der Waals surface area (Å²) in [5, 5.41) is 29.8. The Balaban J connectivity index is 1.80. The van der Waals surface area contributed by atoms with E-state index in [0.717, 1.165) is 22.4 Å². The molecule has 0 spiro atoms. The topological polar surface area (TPSA) is 73.2 Å². The molecule has 0 radical (unpaired) electrons. The number of hydrogen-bond acceptors (Lipinski definition) is 5. The number of phenols is 2. The maximum Gasteiger partial charge on any atom is 0.150 e. The zero-order chi connectivity index (χ0) is 20.4. The van der Waals surface area contributed by atoms with Crippen LogP contribution in [0.3, 0.4) is 0 Å². The number of rotatable bonds is 5. The maximum absolute atomic E-state index is 13.1. The Morgan fingerprint density at radius 1 is 1.00 bits per heavy atom. The second-order valence-electron chi connectivity index (χ2n) is 7.09. The van der Waals surface area contributed by atoms with Gasteiger partial charge in [0.1, 0.15) is 24.8 Å². The van der Waals surface area contributed by atoms with Crippen molar-refractivity contribution in [1.82, 2.24) is 0 Å². The number of aromatic hydroxyl groups is 2. The predicted octanol–water partition coefficient (Wildman–Crippen LogP) is 4.04. The van der Waals surface area contributed by atoms with Crippen molar-refractivity contribution in [2.24, 2.45) is 0 Å². The molecular weight excluding hydrogens is 373 g/mol. The van der Waals surface area contributed by atoms with Crippen molar-refractivity contribution in [2.75, 3.05) is 24.7 Å². The van der Waals surface area contributed by atoms with Crippen LogP contribution in [-0.2, 0) is 0 Å². The van der Waals surface area contributed by atoms with Crippen molar-refractivity contribution >= 4 is 5.69 Å². The van der Waals surface area contributed by atoms with E-state index in [1.807, 2.05) is 35.2 Å². The van der Waals surface area contributed by atoms with Crippen LogP contribution in [0.2, 0.25) is 0 Å². The van der Waals surface area contributed by atoms with Crippen molar-refractivity contribution in [3.05, 3.63) is 72.3 Å². The van der Waals surface area contributed by atoms with Crippen molar-refractivity contribution < 1.29 is 24.4 Å². The summed E-state index contributed by atoms with van der Waals surface area (Å²) in [6.45, 7) is -0.506. The lowest BCUT2D eigenvalue weighted by Gasteiger charge is -2.40. The van der Waals surface area contributed by atoms with E-state index in [4.69, 9.17) is 4.74 Å². The fourth-order valence-corrected chi connectivity index (χ4v) is 3.73. The van der Waals surface area contributed by atoms with Crippen molar-refractivity contribution in [1.29, 1.82) is 0 Å². The third kappa shape index (κ3) is 3.84. The molecule has 3 aromatic rings. The number of alkyl halides is 1. The Morgan fingerprint density at radius 2 is 1.72 bits per heavy atom. The van der Waals surface area contributed by atoms with E-state index in [1.165, 1.54) is 0 Å². The molecule has 0 fully saturated rings. The number of benzene rings is 3. The van der Waals surface area contributed by atoms with E-state index in [-0.39, 0.29) is 30.7 Å². The van der Waals surface area contributed by atoms with Crippen molar-refractivity contribution in [3.8, 4) is 28.4 Å². The second kappa shape index (κ2) is 8.01. The molecule has 0 amide bonds. The van der Waals surface area contributed by atoms with E-state index in [2.05, 4.69) is 0 Å². The van der Waals surface area contributed by atoms with E-state index in [9.17, 15) is 19.7 Å². The highest BCUT2D eigenvalue weighted by molar-refractivity contribution is 5.80. The smallest absolute Gasteiger partial charge is 0.150 e. The first-order valence-corrected chi connectivity index (χ1v) is 9.41. The van der Waals surface area contributed by atoms with Crippen molar-refractivity contribution in [3.63, 3.8) is 0 Å². The lowest BCUT2D eigenvalue weighted by Crippen LogP contribution is -2.42. The summed E-state index contributed by atoms with van der Waals surface area (Å²) in [5.74, 6) is 0.895. The SMILES string of the molecule is Oc1cccc(-c2cccc3c2OCC(c2cccc(O)c2)N3CC(O)CF)c1. The number of fused-ring (bicyclic) bond motifs is 1. The second-order valence-corrected chi connectivity index (χ2v) is 7.09. The Morgan fingerprint density at radius 3 is 2.45 bits per heavy atom. The molecule has 0 aromatic heterocycles. The van der Waals surface area contributed by atoms with Gasteiger partial charge in [0.05, 0.1) is 17.8 Å². The number of aliphatic hydroxyl groups is 1. The Hall–Kier alpha value is -3.25. The van der Waals surface area contributed by atoms with Crippen LogP contribution in [-0.4, -0.2) is 41.2 Å². The fourth-order valence-electron chi connectivity index (χ4n) is 3.73. The molecule has 1 aliphatic heterocycles. The van der Waals surface area contributed by atoms with Crippen LogP contribution < -0.4 is 9.64 Å². The first-order chi connectivity index (χ1) is 14.1. The Labute approximate surface area is 168 Å². The number of para-hydroxylation sites is 1. The monoisotopic (exact) mass is 395 g/mol. The number of halogens is 1. The minimum Gasteiger partial charge on any atom is -0.508 e. The summed E-state index contributed by atoms with van der Waals surface area (Å²) in [7, 11) is 0. The maximum atomic E-state index is 13.1. The average molecular weight is 395 g/mol. The summed E-state index contributed by atoms with van der Waals surface area (Å²) in [6.07, 6.45) is -1.15. The number of ether oxygens (including phenoxy) is 1. The molecule has 5 nitrogen and oxygen atoms in total. The van der Waals surface area contributed by atoms with Crippen LogP contribution in [0.4, 0.5) is 10.1 Å². The molecule has 3 N–H and O–H groups in total. The fraction of sp³-hybridized carbons (Fsp3) is 0.217. The van der Waals surface area contributed by atoms with Gasteiger partial charge in [0, 0.05) is 12.1 Å². The summed E-state index contributed by atoms with van der Waals surface area (Å²) >= 11 is 0. The van der Waals surface area contributed by atoms with Crippen LogP contribution in [0.5, 0.6) is 17.2 Å². The quantitative estimate of drug-likeness (QED) is 0.608. The van der Waals surface area contributed by atoms with Gasteiger partial charge < -0.3 is 25.0 Å². The number of nitrogens with zero attached hydrogens (tertiary/aromatic N) is 1. The van der Waals surface area contributed by atoms with Crippen LogP contribution in [0.25, 0.3) is 11.1 Å². The normalized spacial score (nSPS) is 16.8. The molecular formula is C23H22FNO4. The average Bonchev–Trinajstić information content (AvgIpc) is 2.73. The summed E-state index contributed by atoms with van der Waals surface area (Å²) in [5.41, 5.74) is 3.12. The molecule has 3 aromatic carbocycles. The highest BCUT2D eigenvalue weighted by Gasteiger charge is 2.32. The van der Waals surface area contributed by atoms with Crippen LogP contribution in [0.1, 0.15) is 11.6 Å². The van der Waals surface area contributed by atoms with Gasteiger partial charge in [-0.05, 0) is 41.5 Å². The minimum absolute atomic E-state index is 0.0800. The summed E-state index contributed by atoms with van der Waals surface area (Å²) in [4.78, 5) is 1.91. The zero-order valence-electron chi connectivity index (χ0n) is 15.7. The van der Waals surface area contributed by atoms with E-state index in [1.54, 1.807) is 36.4 Å². The van der Waals surface area contributed by atoms with Gasteiger partial charge in [-0.25, -0.2) is 4.39 Å². The number of anilines is 1. The van der Waals surface area contributed by atoms with E-state index < -0.39 is 12.8 Å². The number of hydrogen-bond donors (Lipinski definition) is 3. The molecule has 0 aliphatic carbocycles.